The highest BCUT2D eigenvalue weighted by molar-refractivity contribution is 7.92. The van der Waals surface area contributed by atoms with Gasteiger partial charge in [-0.05, 0) is 112 Å². The molecule has 1 saturated carbocycles. The van der Waals surface area contributed by atoms with Gasteiger partial charge < -0.3 is 14.2 Å². The zero-order valence-corrected chi connectivity index (χ0v) is 35.0. The third kappa shape index (κ3) is 10.5. The number of benzene rings is 2. The number of amides is 3. The van der Waals surface area contributed by atoms with Gasteiger partial charge in [-0.2, -0.15) is 13.5 Å². The molecule has 4 aromatic rings. The first kappa shape index (κ1) is 42.2. The molecule has 0 spiro atoms. The third-order valence-electron chi connectivity index (χ3n) is 8.50. The molecular formula is C39H50ClN7O8S. The van der Waals surface area contributed by atoms with E-state index in [4.69, 9.17) is 30.8 Å². The van der Waals surface area contributed by atoms with Gasteiger partial charge in [0.2, 0.25) is 5.95 Å². The van der Waals surface area contributed by atoms with Crippen LogP contribution in [-0.2, 0) is 31.3 Å². The Hall–Kier alpha value is -4.96. The highest BCUT2D eigenvalue weighted by Gasteiger charge is 2.41. The Morgan fingerprint density at radius 2 is 1.36 bits per heavy atom. The van der Waals surface area contributed by atoms with Crippen LogP contribution in [0.5, 0.6) is 0 Å². The minimum atomic E-state index is -4.06. The fraction of sp³-hybridized carbons (Fsp3) is 0.487. The minimum absolute atomic E-state index is 0.124. The maximum absolute atomic E-state index is 13.8. The fourth-order valence-electron chi connectivity index (χ4n) is 6.16. The molecule has 0 bridgehead atoms. The molecule has 0 radical (unpaired) electrons. The number of carbonyl (C=O) groups is 3. The molecule has 5 rings (SSSR count). The van der Waals surface area contributed by atoms with Crippen LogP contribution < -0.4 is 9.62 Å². The van der Waals surface area contributed by atoms with Crippen LogP contribution in [0.1, 0.15) is 88.0 Å². The summed E-state index contributed by atoms with van der Waals surface area (Å²) in [6.45, 7) is 15.7. The van der Waals surface area contributed by atoms with Gasteiger partial charge in [-0.15, -0.1) is 0 Å². The normalized spacial score (nSPS) is 16.6. The predicted octanol–water partition coefficient (Wildman–Crippen LogP) is 8.71. The van der Waals surface area contributed by atoms with Crippen molar-refractivity contribution in [1.29, 1.82) is 0 Å². The van der Waals surface area contributed by atoms with Crippen molar-refractivity contribution < 1.29 is 37.0 Å². The molecular weight excluding hydrogens is 762 g/mol. The standard InChI is InChI=1S/C39H50ClN7O8S/c1-37(2,3)53-34(48)46(26-16-18-27(19-17-26)47(35(49)54-38(4,5)6)36(50)55-39(7,8)9)33-41-23-25-21-24(15-20-29(25)42-33)31-22-32(43-45(31)10)56(51,52)44-30-14-12-11-13-28(30)40/h11-15,20-23,26-27,44H,16-19H2,1-10H3. The van der Waals surface area contributed by atoms with Gasteiger partial charge in [0.15, 0.2) is 5.03 Å². The van der Waals surface area contributed by atoms with Crippen LogP contribution >= 0.6 is 11.6 Å². The van der Waals surface area contributed by atoms with Crippen molar-refractivity contribution in [1.82, 2.24) is 24.6 Å². The summed E-state index contributed by atoms with van der Waals surface area (Å²) in [4.78, 5) is 52.3. The number of aromatic nitrogens is 4. The monoisotopic (exact) mass is 811 g/mol. The molecule has 0 atom stereocenters. The van der Waals surface area contributed by atoms with Gasteiger partial charge in [0.1, 0.15) is 16.8 Å². The van der Waals surface area contributed by atoms with Crippen molar-refractivity contribution in [3.63, 3.8) is 0 Å². The molecule has 0 unspecified atom stereocenters. The van der Waals surface area contributed by atoms with Crippen molar-refractivity contribution in [2.75, 3.05) is 9.62 Å². The van der Waals surface area contributed by atoms with Crippen LogP contribution in [0.3, 0.4) is 0 Å². The fourth-order valence-corrected chi connectivity index (χ4v) is 7.46. The Bertz CT molecular complexity index is 2190. The van der Waals surface area contributed by atoms with Crippen LogP contribution in [0.2, 0.25) is 5.02 Å². The molecule has 0 saturated heterocycles. The largest absolute Gasteiger partial charge is 0.443 e. The number of rotatable bonds is 7. The summed E-state index contributed by atoms with van der Waals surface area (Å²) in [5.74, 6) is 0.124. The van der Waals surface area contributed by atoms with E-state index in [2.05, 4.69) is 14.8 Å². The number of fused-ring (bicyclic) bond motifs is 1. The third-order valence-corrected chi connectivity index (χ3v) is 10.1. The minimum Gasteiger partial charge on any atom is -0.443 e. The summed E-state index contributed by atoms with van der Waals surface area (Å²) in [7, 11) is -2.42. The van der Waals surface area contributed by atoms with Crippen molar-refractivity contribution >= 4 is 62.4 Å². The predicted molar refractivity (Wildman–Crippen MR) is 213 cm³/mol. The van der Waals surface area contributed by atoms with E-state index in [1.54, 1.807) is 118 Å². The maximum Gasteiger partial charge on any atom is 0.420 e. The SMILES string of the molecule is Cn1nc(S(=O)(=O)Nc2ccccc2Cl)cc1-c1ccc2nc(N(C(=O)OC(C)(C)C)C3CCC(N(C(=O)OC(C)(C)C)C(=O)OC(C)(C)C)CC3)ncc2c1. The van der Waals surface area contributed by atoms with Crippen molar-refractivity contribution in [3.05, 3.63) is 59.8 Å². The highest BCUT2D eigenvalue weighted by atomic mass is 35.5. The second-order valence-corrected chi connectivity index (χ2v) is 18.7. The number of sulfonamides is 1. The van der Waals surface area contributed by atoms with Gasteiger partial charge in [-0.25, -0.2) is 34.2 Å². The summed E-state index contributed by atoms with van der Waals surface area (Å²) < 4.78 is 47.3. The first-order chi connectivity index (χ1) is 25.9. The number of anilines is 2. The molecule has 1 aliphatic carbocycles. The van der Waals surface area contributed by atoms with Gasteiger partial charge in [-0.1, -0.05) is 29.8 Å². The van der Waals surface area contributed by atoms with Crippen LogP contribution in [0.4, 0.5) is 26.0 Å². The van der Waals surface area contributed by atoms with E-state index in [1.807, 2.05) is 0 Å². The average Bonchev–Trinajstić information content (AvgIpc) is 3.46. The molecule has 2 heterocycles. The summed E-state index contributed by atoms with van der Waals surface area (Å²) >= 11 is 6.17. The lowest BCUT2D eigenvalue weighted by molar-refractivity contribution is -0.0115. The number of aryl methyl sites for hydroxylation is 1. The smallest absolute Gasteiger partial charge is 0.420 e. The Kier molecular flexibility index (Phi) is 12.0. The van der Waals surface area contributed by atoms with E-state index >= 15 is 0 Å². The highest BCUT2D eigenvalue weighted by Crippen LogP contribution is 2.33. The quantitative estimate of drug-likeness (QED) is 0.177. The molecule has 1 aliphatic rings. The van der Waals surface area contributed by atoms with Gasteiger partial charge in [0.05, 0.1) is 21.9 Å². The van der Waals surface area contributed by atoms with E-state index in [0.717, 1.165) is 4.90 Å². The lowest BCUT2D eigenvalue weighted by Crippen LogP contribution is -2.52. The molecule has 56 heavy (non-hydrogen) atoms. The van der Waals surface area contributed by atoms with Crippen molar-refractivity contribution in [3.8, 4) is 11.3 Å². The second-order valence-electron chi connectivity index (χ2n) is 16.7. The molecule has 2 aromatic carbocycles. The number of halogens is 1. The number of nitrogens with zero attached hydrogens (tertiary/aromatic N) is 6. The van der Waals surface area contributed by atoms with Gasteiger partial charge in [-0.3, -0.25) is 9.40 Å². The number of nitrogens with one attached hydrogen (secondary N) is 1. The lowest BCUT2D eigenvalue weighted by atomic mass is 9.89. The Balaban J connectivity index is 1.41. The molecule has 15 nitrogen and oxygen atoms in total. The zero-order valence-electron chi connectivity index (χ0n) is 33.4. The summed E-state index contributed by atoms with van der Waals surface area (Å²) in [5, 5.41) is 4.94. The Morgan fingerprint density at radius 3 is 1.93 bits per heavy atom. The van der Waals surface area contributed by atoms with Gasteiger partial charge >= 0.3 is 18.3 Å². The van der Waals surface area contributed by atoms with Crippen LogP contribution in [0.25, 0.3) is 22.2 Å². The topological polar surface area (TPSA) is 175 Å². The second kappa shape index (κ2) is 15.9. The van der Waals surface area contributed by atoms with Crippen molar-refractivity contribution in [2.24, 2.45) is 7.05 Å². The number of hydrogen-bond donors (Lipinski definition) is 1. The number of para-hydroxylation sites is 1. The molecule has 1 N–H and O–H groups in total. The molecule has 3 amide bonds. The zero-order chi connectivity index (χ0) is 41.4. The van der Waals surface area contributed by atoms with Crippen LogP contribution in [0.15, 0.2) is 59.8 Å². The lowest BCUT2D eigenvalue weighted by Gasteiger charge is -2.39. The summed E-state index contributed by atoms with van der Waals surface area (Å²) in [6, 6.07) is 12.3. The Labute approximate surface area is 332 Å². The maximum atomic E-state index is 13.8. The van der Waals surface area contributed by atoms with E-state index in [1.165, 1.54) is 15.6 Å². The van der Waals surface area contributed by atoms with Gasteiger partial charge in [0.25, 0.3) is 10.0 Å². The number of hydrogen-bond acceptors (Lipinski definition) is 11. The molecule has 17 heteroatoms. The first-order valence-electron chi connectivity index (χ1n) is 18.3. The van der Waals surface area contributed by atoms with Crippen LogP contribution in [-0.4, -0.2) is 80.2 Å². The van der Waals surface area contributed by atoms with Crippen LogP contribution in [0, 0.1) is 0 Å². The van der Waals surface area contributed by atoms with E-state index in [0.29, 0.717) is 47.8 Å². The molecule has 2 aromatic heterocycles. The molecule has 0 aliphatic heterocycles. The van der Waals surface area contributed by atoms with E-state index in [9.17, 15) is 22.8 Å². The van der Waals surface area contributed by atoms with Gasteiger partial charge in [0, 0.05) is 42.3 Å². The summed E-state index contributed by atoms with van der Waals surface area (Å²) in [5.41, 5.74) is -0.561. The average molecular weight is 812 g/mol. The summed E-state index contributed by atoms with van der Waals surface area (Å²) in [6.07, 6.45) is 0.854. The van der Waals surface area contributed by atoms with Crippen molar-refractivity contribution in [2.45, 2.75) is 122 Å². The molecule has 302 valence electrons. The number of imide groups is 1. The number of ether oxygens (including phenoxy) is 3. The molecule has 1 fully saturated rings. The van der Waals surface area contributed by atoms with E-state index in [-0.39, 0.29) is 21.7 Å². The Morgan fingerprint density at radius 1 is 0.804 bits per heavy atom. The number of carbonyl (C=O) groups excluding carboxylic acids is 3. The van der Waals surface area contributed by atoms with E-state index < -0.39 is 57.2 Å². The first-order valence-corrected chi connectivity index (χ1v) is 20.1.